The zero-order valence-electron chi connectivity index (χ0n) is 10.4. The van der Waals surface area contributed by atoms with Crippen LogP contribution in [0.3, 0.4) is 0 Å². The van der Waals surface area contributed by atoms with Gasteiger partial charge in [-0.05, 0) is 56.3 Å². The van der Waals surface area contributed by atoms with Gasteiger partial charge in [-0.1, -0.05) is 0 Å². The highest BCUT2D eigenvalue weighted by atomic mass is 16.2. The second kappa shape index (κ2) is 3.37. The molecule has 0 atom stereocenters. The lowest BCUT2D eigenvalue weighted by Crippen LogP contribution is -2.50. The number of hydrogen-bond acceptors (Lipinski definition) is 2. The van der Waals surface area contributed by atoms with Crippen LogP contribution in [0.5, 0.6) is 0 Å². The van der Waals surface area contributed by atoms with Gasteiger partial charge in [0.05, 0.1) is 0 Å². The van der Waals surface area contributed by atoms with Gasteiger partial charge in [-0.15, -0.1) is 0 Å². The molecular formula is C14H18N2O2. The van der Waals surface area contributed by atoms with E-state index in [2.05, 4.69) is 9.97 Å². The lowest BCUT2D eigenvalue weighted by Gasteiger charge is -2.56. The predicted molar refractivity (Wildman–Crippen MR) is 67.5 cm³/mol. The number of aromatic amines is 2. The third-order valence-electron chi connectivity index (χ3n) is 5.37. The molecule has 4 bridgehead atoms. The molecule has 18 heavy (non-hydrogen) atoms. The first-order valence-corrected chi connectivity index (χ1v) is 6.97. The molecule has 0 aliphatic heterocycles. The fraction of sp³-hybridized carbons (Fsp3) is 0.714. The van der Waals surface area contributed by atoms with E-state index in [0.29, 0.717) is 0 Å². The van der Waals surface area contributed by atoms with Crippen molar-refractivity contribution in [1.82, 2.24) is 9.97 Å². The van der Waals surface area contributed by atoms with Crippen LogP contribution in [-0.4, -0.2) is 9.97 Å². The highest BCUT2D eigenvalue weighted by molar-refractivity contribution is 5.21. The first kappa shape index (κ1) is 10.6. The molecule has 0 amide bonds. The SMILES string of the molecule is O=c1cc(C23CC4CC(CC(C4)C2)C3)[nH]c(=O)[nH]1. The topological polar surface area (TPSA) is 65.7 Å². The molecule has 1 aromatic rings. The second-order valence-electron chi connectivity index (χ2n) is 6.70. The van der Waals surface area contributed by atoms with E-state index in [-0.39, 0.29) is 16.7 Å². The minimum absolute atomic E-state index is 0.0994. The Hall–Kier alpha value is -1.32. The molecular weight excluding hydrogens is 228 g/mol. The lowest BCUT2D eigenvalue weighted by molar-refractivity contribution is -0.00742. The monoisotopic (exact) mass is 246 g/mol. The summed E-state index contributed by atoms with van der Waals surface area (Å²) in [6.07, 6.45) is 7.60. The van der Waals surface area contributed by atoms with Crippen LogP contribution in [0, 0.1) is 17.8 Å². The Kier molecular flexibility index (Phi) is 1.98. The molecule has 5 rings (SSSR count). The van der Waals surface area contributed by atoms with Crippen molar-refractivity contribution in [2.75, 3.05) is 0 Å². The standard InChI is InChI=1S/C14H18N2O2/c17-12-4-11(15-13(18)16-12)14-5-8-1-9(6-14)3-10(2-8)7-14/h4,8-10H,1-3,5-7H2,(H2,15,16,17,18). The number of nitrogens with one attached hydrogen (secondary N) is 2. The molecule has 0 saturated heterocycles. The van der Waals surface area contributed by atoms with Gasteiger partial charge in [-0.3, -0.25) is 9.78 Å². The summed E-state index contributed by atoms with van der Waals surface area (Å²) < 4.78 is 0. The van der Waals surface area contributed by atoms with Gasteiger partial charge < -0.3 is 4.98 Å². The number of aromatic nitrogens is 2. The first-order chi connectivity index (χ1) is 8.63. The summed E-state index contributed by atoms with van der Waals surface area (Å²) in [6, 6.07) is 1.62. The lowest BCUT2D eigenvalue weighted by atomic mass is 9.49. The van der Waals surface area contributed by atoms with Gasteiger partial charge in [0.2, 0.25) is 0 Å². The number of hydrogen-bond donors (Lipinski definition) is 2. The Balaban J connectivity index is 1.83. The third kappa shape index (κ3) is 1.44. The molecule has 4 fully saturated rings. The van der Waals surface area contributed by atoms with E-state index >= 15 is 0 Å². The summed E-state index contributed by atoms with van der Waals surface area (Å²) in [5.41, 5.74) is 0.385. The fourth-order valence-electron chi connectivity index (χ4n) is 5.19. The Labute approximate surface area is 105 Å². The molecule has 4 saturated carbocycles. The number of H-pyrrole nitrogens is 2. The van der Waals surface area contributed by atoms with E-state index < -0.39 is 0 Å². The summed E-state index contributed by atoms with van der Waals surface area (Å²) in [5, 5.41) is 0. The van der Waals surface area contributed by atoms with Crippen LogP contribution in [0.4, 0.5) is 0 Å². The molecule has 4 nitrogen and oxygen atoms in total. The Morgan fingerprint density at radius 2 is 1.50 bits per heavy atom. The van der Waals surface area contributed by atoms with Crippen LogP contribution >= 0.6 is 0 Å². The fourth-order valence-corrected chi connectivity index (χ4v) is 5.19. The van der Waals surface area contributed by atoms with Crippen molar-refractivity contribution in [2.24, 2.45) is 17.8 Å². The molecule has 1 heterocycles. The van der Waals surface area contributed by atoms with Crippen LogP contribution in [0.15, 0.2) is 15.7 Å². The van der Waals surface area contributed by atoms with E-state index in [1.807, 2.05) is 0 Å². The van der Waals surface area contributed by atoms with Crippen LogP contribution in [0.1, 0.15) is 44.2 Å². The van der Waals surface area contributed by atoms with E-state index in [0.717, 1.165) is 23.4 Å². The quantitative estimate of drug-likeness (QED) is 0.789. The maximum absolute atomic E-state index is 11.5. The van der Waals surface area contributed by atoms with Crippen molar-refractivity contribution in [3.05, 3.63) is 32.6 Å². The van der Waals surface area contributed by atoms with E-state index in [1.54, 1.807) is 6.07 Å². The van der Waals surface area contributed by atoms with Gasteiger partial charge in [-0.2, -0.15) is 0 Å². The normalized spacial score (nSPS) is 41.2. The molecule has 4 aliphatic carbocycles. The molecule has 1 aromatic heterocycles. The molecule has 0 aromatic carbocycles. The van der Waals surface area contributed by atoms with Crippen molar-refractivity contribution in [3.8, 4) is 0 Å². The Morgan fingerprint density at radius 3 is 2.00 bits per heavy atom. The van der Waals surface area contributed by atoms with Gasteiger partial charge in [0.1, 0.15) is 0 Å². The molecule has 0 spiro atoms. The number of rotatable bonds is 1. The highest BCUT2D eigenvalue weighted by Crippen LogP contribution is 2.60. The maximum atomic E-state index is 11.5. The average Bonchev–Trinajstić information content (AvgIpc) is 2.25. The molecule has 0 unspecified atom stereocenters. The van der Waals surface area contributed by atoms with Crippen molar-refractivity contribution in [1.29, 1.82) is 0 Å². The second-order valence-corrected chi connectivity index (χ2v) is 6.70. The largest absolute Gasteiger partial charge is 0.325 e. The summed E-state index contributed by atoms with van der Waals surface area (Å²) in [4.78, 5) is 28.2. The van der Waals surface area contributed by atoms with Gasteiger partial charge >= 0.3 is 5.69 Å². The molecule has 0 radical (unpaired) electrons. The van der Waals surface area contributed by atoms with Crippen molar-refractivity contribution < 1.29 is 0 Å². The van der Waals surface area contributed by atoms with Gasteiger partial charge in [0.15, 0.2) is 0 Å². The summed E-state index contributed by atoms with van der Waals surface area (Å²) in [7, 11) is 0. The zero-order valence-corrected chi connectivity index (χ0v) is 10.4. The van der Waals surface area contributed by atoms with Crippen LogP contribution in [-0.2, 0) is 5.41 Å². The smallest absolute Gasteiger partial charge is 0.311 e. The van der Waals surface area contributed by atoms with E-state index in [9.17, 15) is 9.59 Å². The third-order valence-corrected chi connectivity index (χ3v) is 5.37. The minimum Gasteiger partial charge on any atom is -0.311 e. The van der Waals surface area contributed by atoms with E-state index in [4.69, 9.17) is 0 Å². The van der Waals surface area contributed by atoms with Crippen LogP contribution in [0.2, 0.25) is 0 Å². The minimum atomic E-state index is -0.353. The van der Waals surface area contributed by atoms with Crippen molar-refractivity contribution >= 4 is 0 Å². The predicted octanol–water partition coefficient (Wildman–Crippen LogP) is 1.53. The average molecular weight is 246 g/mol. The molecule has 4 heteroatoms. The highest BCUT2D eigenvalue weighted by Gasteiger charge is 2.52. The summed E-state index contributed by atoms with van der Waals surface area (Å²) in [6.45, 7) is 0. The van der Waals surface area contributed by atoms with Gasteiger partial charge in [0, 0.05) is 17.2 Å². The van der Waals surface area contributed by atoms with Crippen molar-refractivity contribution in [2.45, 2.75) is 43.9 Å². The Bertz CT molecular complexity index is 535. The molecule has 4 aliphatic rings. The summed E-state index contributed by atoms with van der Waals surface area (Å²) >= 11 is 0. The molecule has 2 N–H and O–H groups in total. The van der Waals surface area contributed by atoms with Crippen LogP contribution in [0.25, 0.3) is 0 Å². The maximum Gasteiger partial charge on any atom is 0.325 e. The van der Waals surface area contributed by atoms with E-state index in [1.165, 1.54) is 38.5 Å². The Morgan fingerprint density at radius 1 is 0.944 bits per heavy atom. The van der Waals surface area contributed by atoms with Crippen molar-refractivity contribution in [3.63, 3.8) is 0 Å². The summed E-state index contributed by atoms with van der Waals surface area (Å²) in [5.74, 6) is 2.46. The zero-order chi connectivity index (χ0) is 12.3. The van der Waals surface area contributed by atoms with Gasteiger partial charge in [0.25, 0.3) is 5.56 Å². The first-order valence-electron chi connectivity index (χ1n) is 6.97. The van der Waals surface area contributed by atoms with Gasteiger partial charge in [-0.25, -0.2) is 4.79 Å². The molecule has 96 valence electrons. The van der Waals surface area contributed by atoms with Crippen LogP contribution < -0.4 is 11.2 Å².